The molecule has 0 spiro atoms. The van der Waals surface area contributed by atoms with Crippen molar-refractivity contribution < 1.29 is 22.7 Å². The smallest absolute Gasteiger partial charge is 0.338 e. The molecular weight excluding hydrogens is 416 g/mol. The van der Waals surface area contributed by atoms with E-state index < -0.39 is 22.1 Å². The van der Waals surface area contributed by atoms with E-state index in [4.69, 9.17) is 4.74 Å². The Morgan fingerprint density at radius 1 is 1.03 bits per heavy atom. The number of ketones is 1. The van der Waals surface area contributed by atoms with E-state index in [9.17, 15) is 18.0 Å². The fourth-order valence-corrected chi connectivity index (χ4v) is 5.38. The fraction of sp³-hybridized carbons (Fsp3) is 0.304. The molecule has 4 rings (SSSR count). The zero-order valence-electron chi connectivity index (χ0n) is 17.2. The van der Waals surface area contributed by atoms with Crippen LogP contribution in [0.1, 0.15) is 46.9 Å². The van der Waals surface area contributed by atoms with Crippen molar-refractivity contribution >= 4 is 32.7 Å². The molecule has 0 bridgehead atoms. The van der Waals surface area contributed by atoms with Crippen LogP contribution in [0.25, 0.3) is 10.9 Å². The number of fused-ring (bicyclic) bond motifs is 1. The summed E-state index contributed by atoms with van der Waals surface area (Å²) in [4.78, 5) is 28.6. The first-order valence-corrected chi connectivity index (χ1v) is 11.7. The number of carbonyl (C=O) groups is 2. The molecule has 1 aliphatic rings. The lowest BCUT2D eigenvalue weighted by Crippen LogP contribution is -2.35. The van der Waals surface area contributed by atoms with Crippen molar-refractivity contribution in [1.82, 2.24) is 9.29 Å². The highest BCUT2D eigenvalue weighted by atomic mass is 32.2. The molecule has 2 heterocycles. The summed E-state index contributed by atoms with van der Waals surface area (Å²) in [5.74, 6) is -1.07. The Balaban J connectivity index is 1.51. The average molecular weight is 441 g/mol. The molecule has 0 saturated carbocycles. The summed E-state index contributed by atoms with van der Waals surface area (Å²) in [6.45, 7) is 2.47. The third kappa shape index (κ3) is 4.26. The van der Waals surface area contributed by atoms with Gasteiger partial charge in [0.05, 0.1) is 10.5 Å². The maximum absolute atomic E-state index is 12.9. The van der Waals surface area contributed by atoms with Crippen molar-refractivity contribution in [1.29, 1.82) is 0 Å². The average Bonchev–Trinajstić information content (AvgIpc) is 3.23. The number of nitrogens with zero attached hydrogens (tertiary/aromatic N) is 1. The Hall–Kier alpha value is -2.97. The summed E-state index contributed by atoms with van der Waals surface area (Å²) < 4.78 is 32.6. The first-order chi connectivity index (χ1) is 14.9. The summed E-state index contributed by atoms with van der Waals surface area (Å²) in [7, 11) is -3.67. The molecule has 162 valence electrons. The summed E-state index contributed by atoms with van der Waals surface area (Å²) in [6.07, 6.45) is 3.25. The van der Waals surface area contributed by atoms with Gasteiger partial charge in [-0.15, -0.1) is 0 Å². The van der Waals surface area contributed by atoms with Crippen LogP contribution >= 0.6 is 0 Å². The predicted octanol–water partition coefficient (Wildman–Crippen LogP) is 3.77. The van der Waals surface area contributed by atoms with Gasteiger partial charge in [-0.2, -0.15) is 4.31 Å². The molecule has 1 atom stereocenters. The number of para-hydroxylation sites is 1. The fourth-order valence-electron chi connectivity index (χ4n) is 3.81. The highest BCUT2D eigenvalue weighted by molar-refractivity contribution is 7.89. The lowest BCUT2D eigenvalue weighted by molar-refractivity contribution is 0.0319. The standard InChI is InChI=1S/C23H24N2O5S/c1-16(22(26)20-15-24-21-11-4-3-10-19(20)21)30-23(27)17-8-7-9-18(14-17)31(28,29)25-12-5-2-6-13-25/h3-4,7-11,14-16,24H,2,5-6,12-13H2,1H3. The number of rotatable bonds is 6. The number of benzene rings is 2. The molecule has 1 aliphatic heterocycles. The normalized spacial score (nSPS) is 16.2. The minimum absolute atomic E-state index is 0.0551. The molecular formula is C23H24N2O5S. The number of Topliss-reactive ketones (excluding diaryl/α,β-unsaturated/α-hetero) is 1. The van der Waals surface area contributed by atoms with Crippen LogP contribution in [0.3, 0.4) is 0 Å². The molecule has 0 aliphatic carbocycles. The van der Waals surface area contributed by atoms with Gasteiger partial charge in [0.2, 0.25) is 15.8 Å². The SMILES string of the molecule is CC(OC(=O)c1cccc(S(=O)(=O)N2CCCCC2)c1)C(=O)c1c[nH]c2ccccc12. The van der Waals surface area contributed by atoms with E-state index in [1.54, 1.807) is 6.20 Å². The molecule has 1 aromatic heterocycles. The number of carbonyl (C=O) groups excluding carboxylic acids is 2. The predicted molar refractivity (Wildman–Crippen MR) is 117 cm³/mol. The minimum atomic E-state index is -3.67. The molecule has 0 radical (unpaired) electrons. The maximum Gasteiger partial charge on any atom is 0.338 e. The summed E-state index contributed by atoms with van der Waals surface area (Å²) in [5.41, 5.74) is 1.36. The van der Waals surface area contributed by atoms with Crippen LogP contribution in [0.5, 0.6) is 0 Å². The highest BCUT2D eigenvalue weighted by Gasteiger charge is 2.27. The number of aromatic amines is 1. The zero-order chi connectivity index (χ0) is 22.0. The van der Waals surface area contributed by atoms with Crippen LogP contribution in [-0.2, 0) is 14.8 Å². The monoisotopic (exact) mass is 440 g/mol. The number of H-pyrrole nitrogens is 1. The van der Waals surface area contributed by atoms with Gasteiger partial charge in [-0.05, 0) is 44.0 Å². The third-order valence-electron chi connectivity index (χ3n) is 5.53. The van der Waals surface area contributed by atoms with Crippen LogP contribution < -0.4 is 0 Å². The van der Waals surface area contributed by atoms with Crippen molar-refractivity contribution in [3.63, 3.8) is 0 Å². The van der Waals surface area contributed by atoms with Crippen LogP contribution in [-0.4, -0.2) is 48.7 Å². The molecule has 1 fully saturated rings. The number of nitrogens with one attached hydrogen (secondary N) is 1. The zero-order valence-corrected chi connectivity index (χ0v) is 18.0. The van der Waals surface area contributed by atoms with Crippen molar-refractivity contribution in [2.24, 2.45) is 0 Å². The Labute approximate surface area is 181 Å². The van der Waals surface area contributed by atoms with Crippen LogP contribution in [0.4, 0.5) is 0 Å². The van der Waals surface area contributed by atoms with E-state index >= 15 is 0 Å². The van der Waals surface area contributed by atoms with Crippen molar-refractivity contribution in [3.05, 3.63) is 65.9 Å². The Kier molecular flexibility index (Phi) is 5.93. The number of hydrogen-bond donors (Lipinski definition) is 1. The molecule has 7 nitrogen and oxygen atoms in total. The van der Waals surface area contributed by atoms with Gasteiger partial charge >= 0.3 is 5.97 Å². The lowest BCUT2D eigenvalue weighted by atomic mass is 10.1. The van der Waals surface area contributed by atoms with E-state index in [1.807, 2.05) is 24.3 Å². The molecule has 1 unspecified atom stereocenters. The largest absolute Gasteiger partial charge is 0.451 e. The van der Waals surface area contributed by atoms with E-state index in [2.05, 4.69) is 4.98 Å². The molecule has 0 amide bonds. The number of hydrogen-bond acceptors (Lipinski definition) is 5. The summed E-state index contributed by atoms with van der Waals surface area (Å²) >= 11 is 0. The maximum atomic E-state index is 12.9. The molecule has 2 aromatic carbocycles. The Morgan fingerprint density at radius 2 is 1.77 bits per heavy atom. The second-order valence-corrected chi connectivity index (χ2v) is 9.59. The van der Waals surface area contributed by atoms with E-state index in [-0.39, 0.29) is 16.2 Å². The van der Waals surface area contributed by atoms with Crippen LogP contribution in [0.2, 0.25) is 0 Å². The van der Waals surface area contributed by atoms with E-state index in [0.29, 0.717) is 18.7 Å². The van der Waals surface area contributed by atoms with Gasteiger partial charge in [0, 0.05) is 35.8 Å². The third-order valence-corrected chi connectivity index (χ3v) is 7.42. The molecule has 8 heteroatoms. The first kappa shape index (κ1) is 21.3. The quantitative estimate of drug-likeness (QED) is 0.465. The number of esters is 1. The van der Waals surface area contributed by atoms with Crippen molar-refractivity contribution in [3.8, 4) is 0 Å². The summed E-state index contributed by atoms with van der Waals surface area (Å²) in [5, 5.41) is 0.755. The van der Waals surface area contributed by atoms with Crippen LogP contribution in [0, 0.1) is 0 Å². The van der Waals surface area contributed by atoms with Gasteiger partial charge in [-0.3, -0.25) is 4.79 Å². The molecule has 1 saturated heterocycles. The van der Waals surface area contributed by atoms with Gasteiger partial charge in [0.15, 0.2) is 6.10 Å². The molecule has 31 heavy (non-hydrogen) atoms. The Morgan fingerprint density at radius 3 is 2.55 bits per heavy atom. The highest BCUT2D eigenvalue weighted by Crippen LogP contribution is 2.23. The number of piperidine rings is 1. The van der Waals surface area contributed by atoms with E-state index in [0.717, 1.165) is 30.2 Å². The van der Waals surface area contributed by atoms with E-state index in [1.165, 1.54) is 35.5 Å². The first-order valence-electron chi connectivity index (χ1n) is 10.3. The van der Waals surface area contributed by atoms with Gasteiger partial charge in [-0.1, -0.05) is 30.7 Å². The molecule has 1 N–H and O–H groups in total. The van der Waals surface area contributed by atoms with Gasteiger partial charge in [0.1, 0.15) is 0 Å². The number of sulfonamides is 1. The van der Waals surface area contributed by atoms with Gasteiger partial charge in [-0.25, -0.2) is 13.2 Å². The number of aromatic nitrogens is 1. The molecule has 3 aromatic rings. The summed E-state index contributed by atoms with van der Waals surface area (Å²) in [6, 6.07) is 13.2. The van der Waals surface area contributed by atoms with Gasteiger partial charge in [0.25, 0.3) is 0 Å². The number of ether oxygens (including phenoxy) is 1. The Bertz CT molecular complexity index is 1230. The minimum Gasteiger partial charge on any atom is -0.451 e. The topological polar surface area (TPSA) is 96.5 Å². The van der Waals surface area contributed by atoms with Crippen LogP contribution in [0.15, 0.2) is 59.6 Å². The van der Waals surface area contributed by atoms with Gasteiger partial charge < -0.3 is 9.72 Å². The van der Waals surface area contributed by atoms with Crippen molar-refractivity contribution in [2.75, 3.05) is 13.1 Å². The van der Waals surface area contributed by atoms with Crippen molar-refractivity contribution in [2.45, 2.75) is 37.2 Å². The second-order valence-electron chi connectivity index (χ2n) is 7.65. The second kappa shape index (κ2) is 8.64. The lowest BCUT2D eigenvalue weighted by Gasteiger charge is -2.26.